The van der Waals surface area contributed by atoms with E-state index in [-0.39, 0.29) is 0 Å². The van der Waals surface area contributed by atoms with Crippen molar-refractivity contribution in [1.29, 1.82) is 0 Å². The summed E-state index contributed by atoms with van der Waals surface area (Å²) in [5.41, 5.74) is 0. The van der Waals surface area contributed by atoms with Crippen molar-refractivity contribution in [3.8, 4) is 0 Å². The molecule has 0 aliphatic heterocycles. The molecule has 0 N–H and O–H groups in total. The highest BCUT2D eigenvalue weighted by atomic mass is 35.5. The van der Waals surface area contributed by atoms with Gasteiger partial charge >= 0.3 is 0 Å². The first-order valence-corrected chi connectivity index (χ1v) is 7.23. The summed E-state index contributed by atoms with van der Waals surface area (Å²) in [6.45, 7) is 0. The van der Waals surface area contributed by atoms with Gasteiger partial charge in [-0.2, -0.15) is 0 Å². The Labute approximate surface area is 122 Å². The third-order valence-corrected chi connectivity index (χ3v) is 4.04. The van der Waals surface area contributed by atoms with E-state index in [4.69, 9.17) is 46.4 Å². The zero-order valence-electron chi connectivity index (χ0n) is 8.48. The summed E-state index contributed by atoms with van der Waals surface area (Å²) in [5, 5.41) is 4.64. The quantitative estimate of drug-likeness (QED) is 0.735. The maximum atomic E-state index is 5.95. The van der Waals surface area contributed by atoms with Crippen molar-refractivity contribution in [2.45, 2.75) is 0 Å². The molecule has 0 aromatic heterocycles. The number of benzene rings is 2. The zero-order valence-corrected chi connectivity index (χ0v) is 12.5. The summed E-state index contributed by atoms with van der Waals surface area (Å²) < 4.78 is 0. The third kappa shape index (κ3) is 3.90. The number of rotatable bonds is 2. The summed E-state index contributed by atoms with van der Waals surface area (Å²) in [4.78, 5) is 0. The minimum absolute atomic E-state index is 0.425. The highest BCUT2D eigenvalue weighted by Gasteiger charge is 2.04. The minimum Gasteiger partial charge on any atom is -0.0843 e. The van der Waals surface area contributed by atoms with Crippen LogP contribution in [0.3, 0.4) is 0 Å². The Morgan fingerprint density at radius 2 is 0.824 bits per heavy atom. The fourth-order valence-corrected chi connectivity index (χ4v) is 4.08. The average molecular weight is 320 g/mol. The van der Waals surface area contributed by atoms with Gasteiger partial charge in [0, 0.05) is 20.1 Å². The first-order valence-electron chi connectivity index (χ1n) is 4.72. The van der Waals surface area contributed by atoms with Crippen LogP contribution in [0.4, 0.5) is 0 Å². The van der Waals surface area contributed by atoms with E-state index in [1.54, 1.807) is 12.1 Å². The fourth-order valence-electron chi connectivity index (χ4n) is 1.42. The van der Waals surface area contributed by atoms with E-state index in [2.05, 4.69) is 0 Å². The molecule has 0 nitrogen and oxygen atoms in total. The lowest BCUT2D eigenvalue weighted by Crippen LogP contribution is -2.27. The lowest BCUT2D eigenvalue weighted by atomic mass is 10.3. The molecule has 2 aromatic carbocycles. The highest BCUT2D eigenvalue weighted by Crippen LogP contribution is 2.15. The van der Waals surface area contributed by atoms with Crippen LogP contribution in [0.15, 0.2) is 36.4 Å². The molecule has 5 heteroatoms. The minimum atomic E-state index is 0.425. The molecule has 0 aliphatic carbocycles. The van der Waals surface area contributed by atoms with Crippen molar-refractivity contribution in [2.75, 3.05) is 0 Å². The summed E-state index contributed by atoms with van der Waals surface area (Å²) in [6, 6.07) is 11.0. The van der Waals surface area contributed by atoms with Crippen LogP contribution in [-0.2, 0) is 0 Å². The van der Waals surface area contributed by atoms with E-state index >= 15 is 0 Å². The van der Waals surface area contributed by atoms with E-state index in [0.29, 0.717) is 29.6 Å². The van der Waals surface area contributed by atoms with Gasteiger partial charge in [0.05, 0.1) is 0 Å². The molecule has 0 heterocycles. The van der Waals surface area contributed by atoms with Gasteiger partial charge in [-0.05, 0) is 36.4 Å². The first kappa shape index (κ1) is 13.3. The molecular formula is C12H6Cl4Si. The average Bonchev–Trinajstić information content (AvgIpc) is 2.13. The largest absolute Gasteiger partial charge is 0.121 e. The van der Waals surface area contributed by atoms with Gasteiger partial charge in [0.15, 0.2) is 0 Å². The van der Waals surface area contributed by atoms with Crippen LogP contribution in [0.1, 0.15) is 0 Å². The van der Waals surface area contributed by atoms with Crippen molar-refractivity contribution >= 4 is 66.3 Å². The Bertz CT molecular complexity index is 464. The molecule has 0 atom stereocenters. The second-order valence-electron chi connectivity index (χ2n) is 3.44. The van der Waals surface area contributed by atoms with Crippen LogP contribution in [-0.4, -0.2) is 9.52 Å². The van der Waals surface area contributed by atoms with Crippen LogP contribution in [0.5, 0.6) is 0 Å². The highest BCUT2D eigenvalue weighted by molar-refractivity contribution is 6.68. The Kier molecular flexibility index (Phi) is 4.40. The van der Waals surface area contributed by atoms with E-state index in [1.807, 2.05) is 24.3 Å². The monoisotopic (exact) mass is 318 g/mol. The van der Waals surface area contributed by atoms with Gasteiger partial charge in [0.2, 0.25) is 0 Å². The van der Waals surface area contributed by atoms with Crippen molar-refractivity contribution in [2.24, 2.45) is 0 Å². The van der Waals surface area contributed by atoms with Gasteiger partial charge < -0.3 is 0 Å². The second kappa shape index (κ2) is 5.64. The number of halogens is 4. The van der Waals surface area contributed by atoms with Crippen molar-refractivity contribution in [3.05, 3.63) is 56.5 Å². The normalized spacial score (nSPS) is 10.6. The van der Waals surface area contributed by atoms with Gasteiger partial charge in [-0.1, -0.05) is 56.8 Å². The van der Waals surface area contributed by atoms with Gasteiger partial charge in [0.25, 0.3) is 0 Å². The molecule has 0 unspecified atom stereocenters. The van der Waals surface area contributed by atoms with Crippen molar-refractivity contribution in [3.63, 3.8) is 0 Å². The Balaban J connectivity index is 2.31. The van der Waals surface area contributed by atoms with E-state index < -0.39 is 0 Å². The van der Waals surface area contributed by atoms with E-state index in [0.717, 1.165) is 10.4 Å². The molecule has 0 saturated carbocycles. The van der Waals surface area contributed by atoms with Crippen LogP contribution in [0.25, 0.3) is 0 Å². The summed E-state index contributed by atoms with van der Waals surface area (Å²) in [6.07, 6.45) is 0. The van der Waals surface area contributed by atoms with Crippen molar-refractivity contribution in [1.82, 2.24) is 0 Å². The molecule has 0 amide bonds. The zero-order chi connectivity index (χ0) is 12.4. The Hall–Kier alpha value is -0.183. The second-order valence-corrected chi connectivity index (χ2v) is 6.59. The van der Waals surface area contributed by atoms with Crippen LogP contribution in [0.2, 0.25) is 20.1 Å². The summed E-state index contributed by atoms with van der Waals surface area (Å²) >= 11 is 23.8. The molecule has 2 aromatic rings. The molecular weight excluding hydrogens is 314 g/mol. The molecule has 0 spiro atoms. The Morgan fingerprint density at radius 3 is 1.12 bits per heavy atom. The van der Waals surface area contributed by atoms with Gasteiger partial charge in [-0.25, -0.2) is 0 Å². The molecule has 17 heavy (non-hydrogen) atoms. The van der Waals surface area contributed by atoms with Crippen LogP contribution < -0.4 is 10.4 Å². The summed E-state index contributed by atoms with van der Waals surface area (Å²) in [5.74, 6) is 0. The lowest BCUT2D eigenvalue weighted by molar-refractivity contribution is 1.74. The summed E-state index contributed by atoms with van der Waals surface area (Å²) in [7, 11) is 0.425. The number of hydrogen-bond acceptors (Lipinski definition) is 0. The first-order chi connectivity index (χ1) is 8.02. The SMILES string of the molecule is Clc1cc(Cl)cc([Si]c2cc(Cl)cc(Cl)c2)c1. The molecule has 0 aliphatic rings. The fraction of sp³-hybridized carbons (Fsp3) is 0. The Morgan fingerprint density at radius 1 is 0.529 bits per heavy atom. The van der Waals surface area contributed by atoms with Crippen LogP contribution in [0, 0.1) is 0 Å². The van der Waals surface area contributed by atoms with Gasteiger partial charge in [-0.3, -0.25) is 0 Å². The van der Waals surface area contributed by atoms with E-state index in [1.165, 1.54) is 0 Å². The third-order valence-electron chi connectivity index (χ3n) is 2.01. The molecule has 0 fully saturated rings. The van der Waals surface area contributed by atoms with Gasteiger partial charge in [-0.15, -0.1) is 0 Å². The van der Waals surface area contributed by atoms with Crippen LogP contribution >= 0.6 is 46.4 Å². The standard InChI is InChI=1S/C12H6Cl4Si/c13-7-1-8(14)4-11(3-7)17-12-5-9(15)2-10(16)6-12/h1-6H. The molecule has 2 rings (SSSR count). The molecule has 86 valence electrons. The predicted molar refractivity (Wildman–Crippen MR) is 77.9 cm³/mol. The molecule has 2 radical (unpaired) electrons. The number of hydrogen-bond donors (Lipinski definition) is 0. The smallest absolute Gasteiger partial charge is 0.0843 e. The van der Waals surface area contributed by atoms with E-state index in [9.17, 15) is 0 Å². The molecule has 0 saturated heterocycles. The van der Waals surface area contributed by atoms with Gasteiger partial charge in [0.1, 0.15) is 9.52 Å². The maximum absolute atomic E-state index is 5.95. The molecule has 0 bridgehead atoms. The lowest BCUT2D eigenvalue weighted by Gasteiger charge is -2.04. The topological polar surface area (TPSA) is 0 Å². The predicted octanol–water partition coefficient (Wildman–Crippen LogP) is 3.96. The maximum Gasteiger partial charge on any atom is 0.121 e. The van der Waals surface area contributed by atoms with Crippen molar-refractivity contribution < 1.29 is 0 Å².